The largest absolute Gasteiger partial charge is 0.475 e. The fourth-order valence-electron chi connectivity index (χ4n) is 3.17. The maximum atomic E-state index is 10.5. The smallest absolute Gasteiger partial charge is 0.213 e. The van der Waals surface area contributed by atoms with Crippen LogP contribution in [-0.4, -0.2) is 35.2 Å². The molecule has 0 spiro atoms. The summed E-state index contributed by atoms with van der Waals surface area (Å²) in [5, 5.41) is 12.7. The average Bonchev–Trinajstić information content (AvgIpc) is 2.93. The number of nitrogens with zero attached hydrogens (tertiary/aromatic N) is 2. The van der Waals surface area contributed by atoms with E-state index in [0.29, 0.717) is 12.4 Å². The van der Waals surface area contributed by atoms with Gasteiger partial charge in [0.05, 0.1) is 6.54 Å². The Hall–Kier alpha value is -2.31. The Balaban J connectivity index is 1.66. The Kier molecular flexibility index (Phi) is 4.70. The van der Waals surface area contributed by atoms with Crippen LogP contribution in [0.15, 0.2) is 65.3 Å². The highest BCUT2D eigenvalue weighted by Gasteiger charge is 2.15. The van der Waals surface area contributed by atoms with Gasteiger partial charge >= 0.3 is 0 Å². The van der Waals surface area contributed by atoms with Gasteiger partial charge in [0, 0.05) is 38.5 Å². The highest BCUT2D eigenvalue weighted by Crippen LogP contribution is 2.30. The van der Waals surface area contributed by atoms with Gasteiger partial charge in [0.25, 0.3) is 0 Å². The Morgan fingerprint density at radius 1 is 1.08 bits per heavy atom. The number of aromatic nitrogens is 2. The second-order valence-corrected chi connectivity index (χ2v) is 7.10. The van der Waals surface area contributed by atoms with Gasteiger partial charge in [-0.25, -0.2) is 4.98 Å². The highest BCUT2D eigenvalue weighted by molar-refractivity contribution is 9.10. The summed E-state index contributed by atoms with van der Waals surface area (Å²) >= 11 is 3.53. The molecule has 128 valence electrons. The number of benzene rings is 2. The Labute approximate surface area is 161 Å². The molecule has 1 unspecified atom stereocenters. The molecule has 1 N–H and O–H groups in total. The Morgan fingerprint density at radius 2 is 1.85 bits per heavy atom. The van der Waals surface area contributed by atoms with E-state index >= 15 is 0 Å². The van der Waals surface area contributed by atoms with E-state index < -0.39 is 6.10 Å². The fraction of sp³-hybridized carbons (Fsp3) is 0.150. The summed E-state index contributed by atoms with van der Waals surface area (Å²) in [6, 6.07) is 17.4. The first-order valence-electron chi connectivity index (χ1n) is 8.31. The van der Waals surface area contributed by atoms with Crippen LogP contribution in [0.1, 0.15) is 0 Å². The van der Waals surface area contributed by atoms with Gasteiger partial charge in [-0.15, -0.1) is 0 Å². The minimum atomic E-state index is -0.669. The zero-order valence-electron chi connectivity index (χ0n) is 14.0. The molecule has 0 bridgehead atoms. The summed E-state index contributed by atoms with van der Waals surface area (Å²) < 4.78 is 8.68. The first-order chi connectivity index (χ1) is 12.6. The number of fused-ring (bicyclic) bond motifs is 3. The molecule has 4 nitrogen and oxygen atoms in total. The molecular weight excluding hydrogens is 391 g/mol. The number of aliphatic hydroxyl groups excluding tert-OH is 1. The molecule has 0 saturated heterocycles. The highest BCUT2D eigenvalue weighted by atomic mass is 79.9. The van der Waals surface area contributed by atoms with E-state index in [1.165, 1.54) is 0 Å². The molecule has 2 radical (unpaired) electrons. The lowest BCUT2D eigenvalue weighted by molar-refractivity contribution is 0.0922. The van der Waals surface area contributed by atoms with Crippen molar-refractivity contribution < 1.29 is 9.84 Å². The molecule has 0 aliphatic rings. The normalized spacial score (nSPS) is 12.5. The van der Waals surface area contributed by atoms with E-state index in [-0.39, 0.29) is 6.61 Å². The molecule has 2 heterocycles. The third-order valence-electron chi connectivity index (χ3n) is 4.31. The maximum Gasteiger partial charge on any atom is 0.213 e. The molecule has 4 aromatic rings. The van der Waals surface area contributed by atoms with E-state index in [1.54, 1.807) is 12.3 Å². The van der Waals surface area contributed by atoms with Crippen molar-refractivity contribution >= 4 is 51.0 Å². The van der Waals surface area contributed by atoms with Gasteiger partial charge in [-0.05, 0) is 30.3 Å². The van der Waals surface area contributed by atoms with E-state index in [9.17, 15) is 5.11 Å². The number of hydrogen-bond acceptors (Lipinski definition) is 3. The summed E-state index contributed by atoms with van der Waals surface area (Å²) in [4.78, 5) is 4.11. The quantitative estimate of drug-likeness (QED) is 0.518. The zero-order valence-corrected chi connectivity index (χ0v) is 15.6. The van der Waals surface area contributed by atoms with Gasteiger partial charge in [0.2, 0.25) is 5.88 Å². The van der Waals surface area contributed by atoms with Crippen molar-refractivity contribution in [1.29, 1.82) is 0 Å². The van der Waals surface area contributed by atoms with Crippen molar-refractivity contribution in [2.45, 2.75) is 12.6 Å². The van der Waals surface area contributed by atoms with Crippen LogP contribution in [0.25, 0.3) is 21.8 Å². The monoisotopic (exact) mass is 406 g/mol. The van der Waals surface area contributed by atoms with Gasteiger partial charge in [-0.1, -0.05) is 39.6 Å². The van der Waals surface area contributed by atoms with E-state index in [0.717, 1.165) is 31.7 Å². The molecule has 2 aromatic carbocycles. The number of halogens is 1. The van der Waals surface area contributed by atoms with Crippen molar-refractivity contribution in [1.82, 2.24) is 9.55 Å². The molecule has 0 amide bonds. The van der Waals surface area contributed by atoms with Gasteiger partial charge in [0.1, 0.15) is 20.6 Å². The SMILES string of the molecule is [B]c1ccc2c(c1)c1cc(Br)ccc1n2CC(O)COc1ccccn1. The lowest BCUT2D eigenvalue weighted by Crippen LogP contribution is -2.23. The Morgan fingerprint density at radius 3 is 2.62 bits per heavy atom. The number of aliphatic hydroxyl groups is 1. The van der Waals surface area contributed by atoms with Crippen molar-refractivity contribution in [3.63, 3.8) is 0 Å². The number of pyridine rings is 1. The van der Waals surface area contributed by atoms with Crippen LogP contribution in [0.4, 0.5) is 0 Å². The van der Waals surface area contributed by atoms with Crippen molar-refractivity contribution in [2.75, 3.05) is 6.61 Å². The van der Waals surface area contributed by atoms with E-state index in [2.05, 4.69) is 31.5 Å². The van der Waals surface area contributed by atoms with Crippen LogP contribution in [0.2, 0.25) is 0 Å². The average molecular weight is 407 g/mol. The summed E-state index contributed by atoms with van der Waals surface area (Å²) in [6.07, 6.45) is 0.994. The second-order valence-electron chi connectivity index (χ2n) is 6.18. The molecule has 26 heavy (non-hydrogen) atoms. The molecule has 4 rings (SSSR count). The summed E-state index contributed by atoms with van der Waals surface area (Å²) in [6.45, 7) is 0.585. The molecule has 6 heteroatoms. The van der Waals surface area contributed by atoms with Crippen LogP contribution in [0, 0.1) is 0 Å². The third-order valence-corrected chi connectivity index (χ3v) is 4.80. The molecule has 0 aliphatic heterocycles. The summed E-state index contributed by atoms with van der Waals surface area (Å²) in [5.41, 5.74) is 2.80. The van der Waals surface area contributed by atoms with Gasteiger partial charge in [-0.3, -0.25) is 0 Å². The first kappa shape index (κ1) is 17.1. The van der Waals surface area contributed by atoms with Crippen LogP contribution in [0.5, 0.6) is 5.88 Å². The lowest BCUT2D eigenvalue weighted by atomic mass is 9.94. The third kappa shape index (κ3) is 3.35. The van der Waals surface area contributed by atoms with Crippen LogP contribution < -0.4 is 10.2 Å². The van der Waals surface area contributed by atoms with Gasteiger partial charge in [0.15, 0.2) is 0 Å². The molecule has 1 atom stereocenters. The predicted octanol–water partition coefficient (Wildman–Crippen LogP) is 3.19. The summed E-state index contributed by atoms with van der Waals surface area (Å²) in [7, 11) is 5.98. The molecular formula is C20H16BBrN2O2. The fourth-order valence-corrected chi connectivity index (χ4v) is 3.53. The van der Waals surface area contributed by atoms with E-state index in [1.807, 2.05) is 42.5 Å². The predicted molar refractivity (Wildman–Crippen MR) is 108 cm³/mol. The zero-order chi connectivity index (χ0) is 18.1. The van der Waals surface area contributed by atoms with Crippen LogP contribution >= 0.6 is 15.9 Å². The van der Waals surface area contributed by atoms with Crippen LogP contribution in [-0.2, 0) is 6.54 Å². The molecule has 2 aromatic heterocycles. The minimum absolute atomic E-state index is 0.170. The first-order valence-corrected chi connectivity index (χ1v) is 9.10. The Bertz CT molecular complexity index is 1010. The number of hydrogen-bond donors (Lipinski definition) is 1. The summed E-state index contributed by atoms with van der Waals surface area (Å²) in [5.74, 6) is 0.505. The number of ether oxygens (including phenoxy) is 1. The topological polar surface area (TPSA) is 47.3 Å². The molecule has 0 fully saturated rings. The molecule has 0 aliphatic carbocycles. The lowest BCUT2D eigenvalue weighted by Gasteiger charge is -2.14. The van der Waals surface area contributed by atoms with E-state index in [4.69, 9.17) is 12.6 Å². The van der Waals surface area contributed by atoms with Crippen LogP contribution in [0.3, 0.4) is 0 Å². The van der Waals surface area contributed by atoms with Crippen molar-refractivity contribution in [2.24, 2.45) is 0 Å². The standard InChI is InChI=1S/C20H16BBrN2O2/c21-13-4-6-18-16(9-13)17-10-14(22)5-7-19(17)24(18)11-15(25)12-26-20-3-1-2-8-23-20/h1-10,15,25H,11-12H2. The molecule has 0 saturated carbocycles. The van der Waals surface area contributed by atoms with Gasteiger partial charge < -0.3 is 14.4 Å². The second kappa shape index (κ2) is 7.13. The van der Waals surface area contributed by atoms with Gasteiger partial charge in [-0.2, -0.15) is 0 Å². The minimum Gasteiger partial charge on any atom is -0.475 e. The van der Waals surface area contributed by atoms with Crippen molar-refractivity contribution in [3.05, 3.63) is 65.3 Å². The number of rotatable bonds is 5. The maximum absolute atomic E-state index is 10.5. The van der Waals surface area contributed by atoms with Crippen molar-refractivity contribution in [3.8, 4) is 5.88 Å².